The predicted molar refractivity (Wildman–Crippen MR) is 59.6 cm³/mol. The number of benzene rings is 1. The molecule has 0 aliphatic carbocycles. The van der Waals surface area contributed by atoms with Crippen LogP contribution in [0.3, 0.4) is 0 Å². The van der Waals surface area contributed by atoms with Crippen LogP contribution in [0.5, 0.6) is 0 Å². The summed E-state index contributed by atoms with van der Waals surface area (Å²) in [7, 11) is -4.75. The molecule has 0 spiro atoms. The summed E-state index contributed by atoms with van der Waals surface area (Å²) in [4.78, 5) is 21.2. The number of rotatable bonds is 3. The summed E-state index contributed by atoms with van der Waals surface area (Å²) in [5.74, 6) is -2.99. The van der Waals surface area contributed by atoms with Gasteiger partial charge in [0.1, 0.15) is 4.90 Å². The lowest BCUT2D eigenvalue weighted by Crippen LogP contribution is -2.15. The Morgan fingerprint density at radius 2 is 1.61 bits per heavy atom. The largest absolute Gasteiger partial charge is 0.478 e. The van der Waals surface area contributed by atoms with Crippen molar-refractivity contribution in [3.8, 4) is 0 Å². The fourth-order valence-electron chi connectivity index (χ4n) is 1.70. The molecule has 0 saturated carbocycles. The molecular weight excluding hydrogens is 264 g/mol. The number of carbonyl (C=O) groups is 2. The summed E-state index contributed by atoms with van der Waals surface area (Å²) in [5.41, 5.74) is -1.42. The van der Waals surface area contributed by atoms with E-state index in [-0.39, 0.29) is 16.7 Å². The van der Waals surface area contributed by atoms with Crippen molar-refractivity contribution in [2.75, 3.05) is 0 Å². The Morgan fingerprint density at radius 3 is 1.94 bits per heavy atom. The maximum absolute atomic E-state index is 11.2. The van der Waals surface area contributed by atoms with Gasteiger partial charge in [-0.25, -0.2) is 9.59 Å². The van der Waals surface area contributed by atoms with Crippen LogP contribution < -0.4 is 0 Å². The molecule has 8 heteroatoms. The third-order valence-electron chi connectivity index (χ3n) is 2.43. The summed E-state index contributed by atoms with van der Waals surface area (Å²) < 4.78 is 31.3. The number of carboxylic acid groups (broad SMARTS) is 2. The van der Waals surface area contributed by atoms with Crippen LogP contribution in [0.15, 0.2) is 11.0 Å². The third kappa shape index (κ3) is 2.34. The van der Waals surface area contributed by atoms with E-state index in [0.29, 0.717) is 0 Å². The molecule has 1 aromatic rings. The standard InChI is InChI=1S/C10H10O7S/c1-4-3-6(9(11)12)5(2)7(10(13)14)8(4)18(15,16)17/h3H,1-2H3,(H,11,12)(H,13,14)(H,15,16,17). The first-order valence-corrected chi connectivity index (χ1v) is 6.09. The molecule has 3 N–H and O–H groups in total. The molecule has 0 aliphatic rings. The highest BCUT2D eigenvalue weighted by atomic mass is 32.2. The zero-order chi connectivity index (χ0) is 14.2. The molecule has 0 fully saturated rings. The Balaban J connectivity index is 3.93. The van der Waals surface area contributed by atoms with Gasteiger partial charge in [-0.05, 0) is 31.0 Å². The molecule has 0 amide bonds. The fraction of sp³-hybridized carbons (Fsp3) is 0.200. The van der Waals surface area contributed by atoms with Gasteiger partial charge in [0, 0.05) is 0 Å². The average molecular weight is 274 g/mol. The van der Waals surface area contributed by atoms with Gasteiger partial charge in [-0.3, -0.25) is 4.55 Å². The van der Waals surface area contributed by atoms with E-state index in [1.54, 1.807) is 0 Å². The van der Waals surface area contributed by atoms with Crippen LogP contribution in [0.1, 0.15) is 31.8 Å². The summed E-state index contributed by atoms with van der Waals surface area (Å²) in [6.45, 7) is 2.38. The van der Waals surface area contributed by atoms with Crippen LogP contribution in [0.2, 0.25) is 0 Å². The van der Waals surface area contributed by atoms with Crippen LogP contribution in [0.25, 0.3) is 0 Å². The van der Waals surface area contributed by atoms with Crippen molar-refractivity contribution < 1.29 is 32.8 Å². The molecule has 0 aliphatic heterocycles. The van der Waals surface area contributed by atoms with Gasteiger partial charge < -0.3 is 10.2 Å². The topological polar surface area (TPSA) is 129 Å². The van der Waals surface area contributed by atoms with E-state index >= 15 is 0 Å². The van der Waals surface area contributed by atoms with E-state index in [0.717, 1.165) is 6.07 Å². The number of aryl methyl sites for hydroxylation is 1. The highest BCUT2D eigenvalue weighted by molar-refractivity contribution is 7.86. The molecule has 1 rings (SSSR count). The molecule has 0 heterocycles. The molecule has 0 saturated heterocycles. The Labute approximate surface area is 102 Å². The molecule has 0 radical (unpaired) electrons. The highest BCUT2D eigenvalue weighted by Crippen LogP contribution is 2.26. The second-order valence-corrected chi connectivity index (χ2v) is 5.01. The first kappa shape index (κ1) is 14.1. The van der Waals surface area contributed by atoms with E-state index in [2.05, 4.69) is 0 Å². The van der Waals surface area contributed by atoms with Crippen LogP contribution >= 0.6 is 0 Å². The number of aromatic carboxylic acids is 2. The molecule has 98 valence electrons. The first-order valence-electron chi connectivity index (χ1n) is 4.65. The SMILES string of the molecule is Cc1cc(C(=O)O)c(C)c(C(=O)O)c1S(=O)(=O)O. The lowest BCUT2D eigenvalue weighted by Gasteiger charge is -2.12. The average Bonchev–Trinajstić information content (AvgIpc) is 2.17. The predicted octanol–water partition coefficient (Wildman–Crippen LogP) is 0.947. The molecule has 0 atom stereocenters. The van der Waals surface area contributed by atoms with Gasteiger partial charge >= 0.3 is 11.9 Å². The van der Waals surface area contributed by atoms with Crippen molar-refractivity contribution in [3.63, 3.8) is 0 Å². The van der Waals surface area contributed by atoms with Crippen molar-refractivity contribution in [2.45, 2.75) is 18.7 Å². The quantitative estimate of drug-likeness (QED) is 0.699. The summed E-state index contributed by atoms with van der Waals surface area (Å²) in [6.07, 6.45) is 0. The Bertz CT molecular complexity index is 643. The van der Waals surface area contributed by atoms with E-state index < -0.39 is 32.5 Å². The van der Waals surface area contributed by atoms with Gasteiger partial charge in [0.05, 0.1) is 11.1 Å². The molecule has 0 aromatic heterocycles. The Kier molecular flexibility index (Phi) is 3.45. The molecule has 0 unspecified atom stereocenters. The lowest BCUT2D eigenvalue weighted by atomic mass is 9.99. The second-order valence-electron chi connectivity index (χ2n) is 3.66. The summed E-state index contributed by atoms with van der Waals surface area (Å²) in [5, 5.41) is 17.9. The van der Waals surface area contributed by atoms with Gasteiger partial charge in [0.25, 0.3) is 10.1 Å². The van der Waals surface area contributed by atoms with Crippen LogP contribution in [0, 0.1) is 13.8 Å². The second kappa shape index (κ2) is 4.39. The molecule has 1 aromatic carbocycles. The molecular formula is C10H10O7S. The number of hydrogen-bond acceptors (Lipinski definition) is 4. The molecule has 7 nitrogen and oxygen atoms in total. The van der Waals surface area contributed by atoms with Gasteiger partial charge in [-0.1, -0.05) is 0 Å². The minimum Gasteiger partial charge on any atom is -0.478 e. The van der Waals surface area contributed by atoms with Crippen LogP contribution in [-0.4, -0.2) is 35.1 Å². The normalized spacial score (nSPS) is 11.3. The summed E-state index contributed by atoms with van der Waals surface area (Å²) in [6, 6.07) is 1.01. The van der Waals surface area contributed by atoms with Crippen molar-refractivity contribution in [3.05, 3.63) is 28.3 Å². The lowest BCUT2D eigenvalue weighted by molar-refractivity contribution is 0.0691. The summed E-state index contributed by atoms with van der Waals surface area (Å²) >= 11 is 0. The zero-order valence-corrected chi connectivity index (χ0v) is 10.3. The van der Waals surface area contributed by atoms with E-state index in [4.69, 9.17) is 14.8 Å². The fourth-order valence-corrected chi connectivity index (χ4v) is 2.67. The van der Waals surface area contributed by atoms with Crippen molar-refractivity contribution in [1.82, 2.24) is 0 Å². The van der Waals surface area contributed by atoms with Crippen molar-refractivity contribution >= 4 is 22.1 Å². The minimum absolute atomic E-state index is 0.141. The smallest absolute Gasteiger partial charge is 0.337 e. The molecule has 0 bridgehead atoms. The zero-order valence-electron chi connectivity index (χ0n) is 9.46. The van der Waals surface area contributed by atoms with Gasteiger partial charge in [-0.2, -0.15) is 8.42 Å². The number of hydrogen-bond donors (Lipinski definition) is 3. The number of carboxylic acids is 2. The van der Waals surface area contributed by atoms with E-state index in [1.807, 2.05) is 0 Å². The monoisotopic (exact) mass is 274 g/mol. The van der Waals surface area contributed by atoms with Gasteiger partial charge in [-0.15, -0.1) is 0 Å². The highest BCUT2D eigenvalue weighted by Gasteiger charge is 2.28. The van der Waals surface area contributed by atoms with Crippen LogP contribution in [-0.2, 0) is 10.1 Å². The van der Waals surface area contributed by atoms with Gasteiger partial charge in [0.2, 0.25) is 0 Å². The Hall–Kier alpha value is -1.93. The first-order chi connectivity index (χ1) is 8.07. The Morgan fingerprint density at radius 1 is 1.11 bits per heavy atom. The van der Waals surface area contributed by atoms with Crippen molar-refractivity contribution in [1.29, 1.82) is 0 Å². The van der Waals surface area contributed by atoms with E-state index in [9.17, 15) is 18.0 Å². The van der Waals surface area contributed by atoms with Crippen LogP contribution in [0.4, 0.5) is 0 Å². The van der Waals surface area contributed by atoms with Gasteiger partial charge in [0.15, 0.2) is 0 Å². The third-order valence-corrected chi connectivity index (χ3v) is 3.47. The maximum Gasteiger partial charge on any atom is 0.337 e. The minimum atomic E-state index is -4.75. The van der Waals surface area contributed by atoms with Crippen molar-refractivity contribution in [2.24, 2.45) is 0 Å². The van der Waals surface area contributed by atoms with E-state index in [1.165, 1.54) is 13.8 Å². The molecule has 18 heavy (non-hydrogen) atoms. The maximum atomic E-state index is 11.2.